The van der Waals surface area contributed by atoms with E-state index in [9.17, 15) is 4.79 Å². The van der Waals surface area contributed by atoms with Gasteiger partial charge in [-0.25, -0.2) is 5.43 Å². The van der Waals surface area contributed by atoms with Crippen LogP contribution in [0.1, 0.15) is 21.5 Å². The Balaban J connectivity index is 1.61. The summed E-state index contributed by atoms with van der Waals surface area (Å²) < 4.78 is 1.81. The number of hydrogen-bond acceptors (Lipinski definition) is 4. The number of rotatable bonds is 6. The van der Waals surface area contributed by atoms with E-state index in [1.54, 1.807) is 18.5 Å². The largest absolute Gasteiger partial charge is 0.378 e. The Labute approximate surface area is 152 Å². The van der Waals surface area contributed by atoms with Gasteiger partial charge in [-0.15, -0.1) is 0 Å². The van der Waals surface area contributed by atoms with Crippen molar-refractivity contribution in [1.29, 1.82) is 0 Å². The van der Waals surface area contributed by atoms with Crippen LogP contribution >= 0.6 is 0 Å². The average molecular weight is 347 g/mol. The summed E-state index contributed by atoms with van der Waals surface area (Å²) in [6, 6.07) is 17.2. The molecule has 0 aliphatic carbocycles. The fourth-order valence-corrected chi connectivity index (χ4v) is 2.48. The average Bonchev–Trinajstić information content (AvgIpc) is 3.15. The summed E-state index contributed by atoms with van der Waals surface area (Å²) in [4.78, 5) is 14.3. The SMILES string of the molecule is CN(C)c1ccc(/C=N/NC(=O)c2cccc(Cn3cccn3)c2)cc1. The Kier molecular flexibility index (Phi) is 5.43. The molecule has 0 spiro atoms. The zero-order valence-electron chi connectivity index (χ0n) is 14.8. The van der Waals surface area contributed by atoms with Gasteiger partial charge in [0.05, 0.1) is 12.8 Å². The first-order valence-electron chi connectivity index (χ1n) is 8.29. The molecule has 1 N–H and O–H groups in total. The number of hydrazone groups is 1. The van der Waals surface area contributed by atoms with Crippen LogP contribution in [0.25, 0.3) is 0 Å². The van der Waals surface area contributed by atoms with Crippen molar-refractivity contribution in [1.82, 2.24) is 15.2 Å². The van der Waals surface area contributed by atoms with Crippen LogP contribution in [0.4, 0.5) is 5.69 Å². The first-order valence-corrected chi connectivity index (χ1v) is 8.29. The minimum Gasteiger partial charge on any atom is -0.378 e. The molecule has 1 heterocycles. The fourth-order valence-electron chi connectivity index (χ4n) is 2.48. The maximum atomic E-state index is 12.3. The highest BCUT2D eigenvalue weighted by atomic mass is 16.2. The normalized spacial score (nSPS) is 10.8. The number of benzene rings is 2. The highest BCUT2D eigenvalue weighted by Gasteiger charge is 2.05. The number of aromatic nitrogens is 2. The van der Waals surface area contributed by atoms with Crippen molar-refractivity contribution in [3.63, 3.8) is 0 Å². The fraction of sp³-hybridized carbons (Fsp3) is 0.150. The summed E-state index contributed by atoms with van der Waals surface area (Å²) >= 11 is 0. The van der Waals surface area contributed by atoms with Crippen molar-refractivity contribution >= 4 is 17.8 Å². The molecule has 0 saturated heterocycles. The molecule has 0 atom stereocenters. The third-order valence-electron chi connectivity index (χ3n) is 3.88. The molecule has 0 bridgehead atoms. The van der Waals surface area contributed by atoms with Crippen LogP contribution in [-0.2, 0) is 6.54 Å². The second-order valence-electron chi connectivity index (χ2n) is 6.09. The molecule has 6 heteroatoms. The second kappa shape index (κ2) is 8.11. The van der Waals surface area contributed by atoms with Crippen molar-refractivity contribution in [2.75, 3.05) is 19.0 Å². The van der Waals surface area contributed by atoms with E-state index >= 15 is 0 Å². The number of carbonyl (C=O) groups excluding carboxylic acids is 1. The first kappa shape index (κ1) is 17.4. The Hall–Kier alpha value is -3.41. The molecule has 0 aliphatic rings. The predicted molar refractivity (Wildman–Crippen MR) is 104 cm³/mol. The number of nitrogens with one attached hydrogen (secondary N) is 1. The van der Waals surface area contributed by atoms with Gasteiger partial charge in [0.1, 0.15) is 0 Å². The van der Waals surface area contributed by atoms with Gasteiger partial charge >= 0.3 is 0 Å². The smallest absolute Gasteiger partial charge is 0.271 e. The number of hydrogen-bond donors (Lipinski definition) is 1. The van der Waals surface area contributed by atoms with Crippen LogP contribution in [0.5, 0.6) is 0 Å². The van der Waals surface area contributed by atoms with Gasteiger partial charge in [0.15, 0.2) is 0 Å². The molecule has 0 saturated carbocycles. The topological polar surface area (TPSA) is 62.5 Å². The maximum Gasteiger partial charge on any atom is 0.271 e. The second-order valence-corrected chi connectivity index (χ2v) is 6.09. The minimum absolute atomic E-state index is 0.242. The van der Waals surface area contributed by atoms with E-state index in [0.29, 0.717) is 12.1 Å². The van der Waals surface area contributed by atoms with Crippen LogP contribution < -0.4 is 10.3 Å². The summed E-state index contributed by atoms with van der Waals surface area (Å²) in [5.74, 6) is -0.242. The lowest BCUT2D eigenvalue weighted by Gasteiger charge is -2.11. The molecule has 26 heavy (non-hydrogen) atoms. The lowest BCUT2D eigenvalue weighted by atomic mass is 10.1. The van der Waals surface area contributed by atoms with Crippen molar-refractivity contribution < 1.29 is 4.79 Å². The highest BCUT2D eigenvalue weighted by molar-refractivity contribution is 5.95. The summed E-state index contributed by atoms with van der Waals surface area (Å²) in [5, 5.41) is 8.22. The summed E-state index contributed by atoms with van der Waals surface area (Å²) in [7, 11) is 3.98. The maximum absolute atomic E-state index is 12.3. The Morgan fingerprint density at radius 1 is 1.19 bits per heavy atom. The van der Waals surface area contributed by atoms with Crippen LogP contribution in [0.2, 0.25) is 0 Å². The molecule has 3 rings (SSSR count). The van der Waals surface area contributed by atoms with E-state index in [-0.39, 0.29) is 5.91 Å². The number of anilines is 1. The van der Waals surface area contributed by atoms with Gasteiger partial charge in [0, 0.05) is 37.7 Å². The molecule has 0 unspecified atom stereocenters. The predicted octanol–water partition coefficient (Wildman–Crippen LogP) is 2.76. The van der Waals surface area contributed by atoms with Crippen molar-refractivity contribution in [2.24, 2.45) is 5.10 Å². The summed E-state index contributed by atoms with van der Waals surface area (Å²) in [6.45, 7) is 0.621. The third kappa shape index (κ3) is 4.57. The molecular weight excluding hydrogens is 326 g/mol. The van der Waals surface area contributed by atoms with Gasteiger partial charge in [-0.2, -0.15) is 10.2 Å². The molecule has 1 aromatic heterocycles. The number of amides is 1. The zero-order chi connectivity index (χ0) is 18.4. The lowest BCUT2D eigenvalue weighted by molar-refractivity contribution is 0.0955. The molecule has 2 aromatic carbocycles. The van der Waals surface area contributed by atoms with Crippen molar-refractivity contribution in [3.05, 3.63) is 83.7 Å². The molecular formula is C20H21N5O. The Morgan fingerprint density at radius 3 is 2.69 bits per heavy atom. The van der Waals surface area contributed by atoms with E-state index in [2.05, 4.69) is 15.6 Å². The van der Waals surface area contributed by atoms with Crippen molar-refractivity contribution in [2.45, 2.75) is 6.54 Å². The summed E-state index contributed by atoms with van der Waals surface area (Å²) in [5.41, 5.74) is 6.17. The molecule has 0 radical (unpaired) electrons. The van der Waals surface area contributed by atoms with E-state index in [1.807, 2.05) is 78.4 Å². The standard InChI is InChI=1S/C20H21N5O/c1-24(2)19-9-7-16(8-10-19)14-21-23-20(26)18-6-3-5-17(13-18)15-25-12-4-11-22-25/h3-14H,15H2,1-2H3,(H,23,26)/b21-14+. The van der Waals surface area contributed by atoms with E-state index < -0.39 is 0 Å². The third-order valence-corrected chi connectivity index (χ3v) is 3.88. The highest BCUT2D eigenvalue weighted by Crippen LogP contribution is 2.11. The Morgan fingerprint density at radius 2 is 2.00 bits per heavy atom. The van der Waals surface area contributed by atoms with Crippen molar-refractivity contribution in [3.8, 4) is 0 Å². The van der Waals surface area contributed by atoms with Gasteiger partial charge in [-0.3, -0.25) is 9.48 Å². The van der Waals surface area contributed by atoms with E-state index in [1.165, 1.54) is 0 Å². The molecule has 1 amide bonds. The quantitative estimate of drug-likeness (QED) is 0.551. The molecule has 3 aromatic rings. The van der Waals surface area contributed by atoms with E-state index in [0.717, 1.165) is 16.8 Å². The van der Waals surface area contributed by atoms with E-state index in [4.69, 9.17) is 0 Å². The number of nitrogens with zero attached hydrogens (tertiary/aromatic N) is 4. The van der Waals surface area contributed by atoms with Crippen LogP contribution in [-0.4, -0.2) is 36.0 Å². The number of carbonyl (C=O) groups is 1. The molecule has 132 valence electrons. The molecule has 0 aliphatic heterocycles. The van der Waals surface area contributed by atoms with Gasteiger partial charge in [0.25, 0.3) is 5.91 Å². The van der Waals surface area contributed by atoms with Gasteiger partial charge in [-0.05, 0) is 41.5 Å². The van der Waals surface area contributed by atoms with Gasteiger partial charge < -0.3 is 4.90 Å². The van der Waals surface area contributed by atoms with Gasteiger partial charge in [-0.1, -0.05) is 24.3 Å². The first-order chi connectivity index (χ1) is 12.6. The molecule has 6 nitrogen and oxygen atoms in total. The van der Waals surface area contributed by atoms with Crippen LogP contribution in [0, 0.1) is 0 Å². The van der Waals surface area contributed by atoms with Crippen LogP contribution in [0.15, 0.2) is 72.1 Å². The zero-order valence-corrected chi connectivity index (χ0v) is 14.8. The van der Waals surface area contributed by atoms with Crippen LogP contribution in [0.3, 0.4) is 0 Å². The minimum atomic E-state index is -0.242. The monoisotopic (exact) mass is 347 g/mol. The van der Waals surface area contributed by atoms with Gasteiger partial charge in [0.2, 0.25) is 0 Å². The Bertz CT molecular complexity index is 883. The molecule has 0 fully saturated rings. The summed E-state index contributed by atoms with van der Waals surface area (Å²) in [6.07, 6.45) is 5.25. The lowest BCUT2D eigenvalue weighted by Crippen LogP contribution is -2.18.